The zero-order chi connectivity index (χ0) is 14.0. The average Bonchev–Trinajstić information content (AvgIpc) is 2.63. The van der Waals surface area contributed by atoms with E-state index in [1.54, 1.807) is 24.3 Å². The minimum absolute atomic E-state index is 0.0600. The lowest BCUT2D eigenvalue weighted by Gasteiger charge is -2.18. The van der Waals surface area contributed by atoms with Gasteiger partial charge in [0, 0.05) is 6.54 Å². The van der Waals surface area contributed by atoms with Gasteiger partial charge in [0.1, 0.15) is 0 Å². The molecule has 1 atom stereocenters. The van der Waals surface area contributed by atoms with Crippen molar-refractivity contribution < 1.29 is 19.5 Å². The van der Waals surface area contributed by atoms with E-state index in [2.05, 4.69) is 0 Å². The Morgan fingerprint density at radius 1 is 1.21 bits per heavy atom. The average molecular weight is 261 g/mol. The Morgan fingerprint density at radius 3 is 2.16 bits per heavy atom. The van der Waals surface area contributed by atoms with Gasteiger partial charge >= 0.3 is 5.97 Å². The molecule has 0 saturated heterocycles. The SMILES string of the molecule is CCCC(CN1C(=O)c2ccccc2C1=O)C(=O)O. The third-order valence-corrected chi connectivity index (χ3v) is 3.27. The summed E-state index contributed by atoms with van der Waals surface area (Å²) >= 11 is 0. The van der Waals surface area contributed by atoms with Crippen molar-refractivity contribution in [2.45, 2.75) is 19.8 Å². The first-order chi connectivity index (χ1) is 9.06. The summed E-state index contributed by atoms with van der Waals surface area (Å²) in [5.41, 5.74) is 0.710. The number of aliphatic carboxylic acids is 1. The molecule has 5 nitrogen and oxygen atoms in total. The van der Waals surface area contributed by atoms with Crippen LogP contribution >= 0.6 is 0 Å². The van der Waals surface area contributed by atoms with Crippen molar-refractivity contribution in [2.75, 3.05) is 6.54 Å². The van der Waals surface area contributed by atoms with Gasteiger partial charge in [0.25, 0.3) is 11.8 Å². The fraction of sp³-hybridized carbons (Fsp3) is 0.357. The molecule has 1 N–H and O–H groups in total. The number of benzene rings is 1. The minimum Gasteiger partial charge on any atom is -0.481 e. The van der Waals surface area contributed by atoms with E-state index in [9.17, 15) is 14.4 Å². The number of amides is 2. The van der Waals surface area contributed by atoms with Crippen LogP contribution in [0.1, 0.15) is 40.5 Å². The molecule has 0 aromatic heterocycles. The maximum atomic E-state index is 12.1. The van der Waals surface area contributed by atoms with Crippen LogP contribution in [0.25, 0.3) is 0 Å². The monoisotopic (exact) mass is 261 g/mol. The quantitative estimate of drug-likeness (QED) is 0.820. The minimum atomic E-state index is -0.974. The van der Waals surface area contributed by atoms with E-state index in [1.807, 2.05) is 6.92 Å². The summed E-state index contributed by atoms with van der Waals surface area (Å²) in [6, 6.07) is 6.55. The number of fused-ring (bicyclic) bond motifs is 1. The summed E-state index contributed by atoms with van der Waals surface area (Å²) in [6.07, 6.45) is 1.14. The van der Waals surface area contributed by atoms with Gasteiger partial charge in [-0.1, -0.05) is 25.5 Å². The number of carbonyl (C=O) groups excluding carboxylic acids is 2. The van der Waals surface area contributed by atoms with Crippen LogP contribution in [-0.2, 0) is 4.79 Å². The number of rotatable bonds is 5. The number of carboxylic acid groups (broad SMARTS) is 1. The number of imide groups is 1. The highest BCUT2D eigenvalue weighted by Gasteiger charge is 2.37. The molecule has 19 heavy (non-hydrogen) atoms. The molecule has 0 saturated carbocycles. The standard InChI is InChI=1S/C14H15NO4/c1-2-5-9(14(18)19)8-15-12(16)10-6-3-4-7-11(10)13(15)17/h3-4,6-7,9H,2,5,8H2,1H3,(H,18,19). The van der Waals surface area contributed by atoms with Gasteiger partial charge in [-0.2, -0.15) is 0 Å². The van der Waals surface area contributed by atoms with E-state index in [1.165, 1.54) is 0 Å². The number of carboxylic acids is 1. The second-order valence-corrected chi connectivity index (χ2v) is 4.59. The molecule has 0 aliphatic carbocycles. The van der Waals surface area contributed by atoms with Gasteiger partial charge < -0.3 is 5.11 Å². The van der Waals surface area contributed by atoms with E-state index in [-0.39, 0.29) is 6.54 Å². The first kappa shape index (κ1) is 13.3. The first-order valence-electron chi connectivity index (χ1n) is 6.24. The summed E-state index contributed by atoms with van der Waals surface area (Å²) in [5, 5.41) is 9.10. The Hall–Kier alpha value is -2.17. The molecule has 1 aliphatic heterocycles. The Bertz CT molecular complexity index is 503. The molecular formula is C14H15NO4. The highest BCUT2D eigenvalue weighted by atomic mass is 16.4. The molecule has 1 aromatic rings. The molecule has 2 amide bonds. The van der Waals surface area contributed by atoms with Crippen LogP contribution in [0.4, 0.5) is 0 Å². The van der Waals surface area contributed by atoms with Crippen LogP contribution in [0.3, 0.4) is 0 Å². The van der Waals surface area contributed by atoms with Crippen molar-refractivity contribution in [2.24, 2.45) is 5.92 Å². The van der Waals surface area contributed by atoms with E-state index < -0.39 is 23.7 Å². The van der Waals surface area contributed by atoms with Crippen LogP contribution in [0.5, 0.6) is 0 Å². The van der Waals surface area contributed by atoms with Crippen LogP contribution in [0.15, 0.2) is 24.3 Å². The second kappa shape index (κ2) is 5.22. The smallest absolute Gasteiger partial charge is 0.308 e. The Morgan fingerprint density at radius 2 is 1.74 bits per heavy atom. The lowest BCUT2D eigenvalue weighted by molar-refractivity contribution is -0.142. The van der Waals surface area contributed by atoms with Gasteiger partial charge in [0.15, 0.2) is 0 Å². The summed E-state index contributed by atoms with van der Waals surface area (Å²) in [7, 11) is 0. The summed E-state index contributed by atoms with van der Waals surface area (Å²) in [6.45, 7) is 1.81. The zero-order valence-corrected chi connectivity index (χ0v) is 10.6. The molecule has 0 fully saturated rings. The van der Waals surface area contributed by atoms with Gasteiger partial charge in [0.05, 0.1) is 17.0 Å². The topological polar surface area (TPSA) is 74.7 Å². The number of hydrogen-bond donors (Lipinski definition) is 1. The second-order valence-electron chi connectivity index (χ2n) is 4.59. The normalized spacial score (nSPS) is 15.5. The van der Waals surface area contributed by atoms with E-state index in [0.29, 0.717) is 24.0 Å². The van der Waals surface area contributed by atoms with Crippen LogP contribution in [0, 0.1) is 5.92 Å². The molecule has 100 valence electrons. The van der Waals surface area contributed by atoms with E-state index >= 15 is 0 Å². The Kier molecular flexibility index (Phi) is 3.64. The Labute approximate surface area is 110 Å². The van der Waals surface area contributed by atoms with Crippen LogP contribution in [0.2, 0.25) is 0 Å². The molecule has 1 aliphatic rings. The maximum absolute atomic E-state index is 12.1. The van der Waals surface area contributed by atoms with Crippen molar-refractivity contribution in [1.29, 1.82) is 0 Å². The highest BCUT2D eigenvalue weighted by molar-refractivity contribution is 6.21. The van der Waals surface area contributed by atoms with Gasteiger partial charge in [-0.15, -0.1) is 0 Å². The molecule has 0 radical (unpaired) electrons. The zero-order valence-electron chi connectivity index (χ0n) is 10.6. The molecule has 1 heterocycles. The van der Waals surface area contributed by atoms with E-state index in [4.69, 9.17) is 5.11 Å². The predicted molar refractivity (Wildman–Crippen MR) is 67.8 cm³/mol. The van der Waals surface area contributed by atoms with Crippen LogP contribution < -0.4 is 0 Å². The lowest BCUT2D eigenvalue weighted by Crippen LogP contribution is -2.37. The van der Waals surface area contributed by atoms with Gasteiger partial charge in [-0.3, -0.25) is 19.3 Å². The van der Waals surface area contributed by atoms with Crippen molar-refractivity contribution >= 4 is 17.8 Å². The van der Waals surface area contributed by atoms with Crippen molar-refractivity contribution in [1.82, 2.24) is 4.90 Å². The molecule has 5 heteroatoms. The maximum Gasteiger partial charge on any atom is 0.308 e. The van der Waals surface area contributed by atoms with Gasteiger partial charge in [0.2, 0.25) is 0 Å². The molecular weight excluding hydrogens is 246 g/mol. The number of nitrogens with zero attached hydrogens (tertiary/aromatic N) is 1. The summed E-state index contributed by atoms with van der Waals surface area (Å²) in [4.78, 5) is 36.3. The third kappa shape index (κ3) is 2.36. The highest BCUT2D eigenvalue weighted by Crippen LogP contribution is 2.24. The van der Waals surface area contributed by atoms with Crippen molar-refractivity contribution in [3.8, 4) is 0 Å². The number of carbonyl (C=O) groups is 3. The predicted octanol–water partition coefficient (Wildman–Crippen LogP) is 1.78. The molecule has 0 bridgehead atoms. The fourth-order valence-electron chi connectivity index (χ4n) is 2.27. The third-order valence-electron chi connectivity index (χ3n) is 3.27. The molecule has 1 aromatic carbocycles. The largest absolute Gasteiger partial charge is 0.481 e. The Balaban J connectivity index is 2.22. The molecule has 0 spiro atoms. The van der Waals surface area contributed by atoms with Crippen molar-refractivity contribution in [3.05, 3.63) is 35.4 Å². The first-order valence-corrected chi connectivity index (χ1v) is 6.24. The summed E-state index contributed by atoms with van der Waals surface area (Å²) < 4.78 is 0. The lowest BCUT2D eigenvalue weighted by atomic mass is 10.0. The van der Waals surface area contributed by atoms with Gasteiger partial charge in [-0.05, 0) is 18.6 Å². The van der Waals surface area contributed by atoms with E-state index in [0.717, 1.165) is 4.90 Å². The number of hydrogen-bond acceptors (Lipinski definition) is 3. The fourth-order valence-corrected chi connectivity index (χ4v) is 2.27. The molecule has 1 unspecified atom stereocenters. The van der Waals surface area contributed by atoms with Crippen molar-refractivity contribution in [3.63, 3.8) is 0 Å². The molecule has 2 rings (SSSR count). The van der Waals surface area contributed by atoms with Crippen LogP contribution in [-0.4, -0.2) is 34.3 Å². The van der Waals surface area contributed by atoms with Gasteiger partial charge in [-0.25, -0.2) is 0 Å². The summed E-state index contributed by atoms with van der Waals surface area (Å²) in [5.74, 6) is -2.48.